The second kappa shape index (κ2) is 20.3. The van der Waals surface area contributed by atoms with Gasteiger partial charge in [-0.15, -0.1) is 0 Å². The number of halogens is 11. The Morgan fingerprint density at radius 3 is 2.10 bits per heavy atom. The number of anilines is 1. The lowest BCUT2D eigenvalue weighted by atomic mass is 9.93. The van der Waals surface area contributed by atoms with E-state index in [-0.39, 0.29) is 66.3 Å². The molecule has 0 spiro atoms. The first-order valence-electron chi connectivity index (χ1n) is 23.3. The van der Waals surface area contributed by atoms with Gasteiger partial charge in [-0.05, 0) is 75.3 Å². The smallest absolute Gasteiger partial charge is 0.435 e. The fourth-order valence-electron chi connectivity index (χ4n) is 9.49. The number of hydrogen-bond acceptors (Lipinski definition) is 10. The van der Waals surface area contributed by atoms with Crippen LogP contribution in [0.2, 0.25) is 5.02 Å². The molecule has 2 aliphatic carbocycles. The monoisotopic (exact) mass is 1160 g/mol. The fourth-order valence-corrected chi connectivity index (χ4v) is 11.0. The maximum atomic E-state index is 15.7. The molecule has 30 heteroatoms. The molecular formula is C47H51ClF10N9O8S2+. The molecule has 1 fully saturated rings. The Morgan fingerprint density at radius 2 is 1.55 bits per heavy atom. The number of nitrogens with one attached hydrogen (secondary N) is 2. The molecule has 0 bridgehead atoms. The number of nitrogens with zero attached hydrogens (tertiary/aromatic N) is 7. The first kappa shape index (κ1) is 58.6. The second-order valence-corrected chi connectivity index (χ2v) is 25.8. The highest BCUT2D eigenvalue weighted by Crippen LogP contribution is 2.68. The van der Waals surface area contributed by atoms with E-state index < -0.39 is 167 Å². The van der Waals surface area contributed by atoms with Crippen LogP contribution in [0.3, 0.4) is 0 Å². The molecule has 4 atom stereocenters. The predicted octanol–water partition coefficient (Wildman–Crippen LogP) is 7.90. The SMILES string of the molecule is CC(C)(CCc1ccc(-c2ccc(Cl)c3c(N(C(=O)N[C@@H](CC(=O)O)C[N+](C)(C)C)S(C)(=O)=O)nn(CC(F)(F)F)c23)c([C@H](Cc2cc(F)cc(F)c2)NC(=O)Cn2nc(C(F)(F)F)c3c2C(F)(F)C2C[C@H]32)n1)S(C)(=O)=O. The topological polar surface area (TPSA) is 216 Å². The number of amides is 3. The van der Waals surface area contributed by atoms with Gasteiger partial charge in [0.25, 0.3) is 5.92 Å². The van der Waals surface area contributed by atoms with E-state index in [1.54, 1.807) is 21.1 Å². The number of aliphatic carboxylic acids is 1. The van der Waals surface area contributed by atoms with Crippen molar-refractivity contribution in [2.75, 3.05) is 44.5 Å². The van der Waals surface area contributed by atoms with E-state index >= 15 is 8.78 Å². The average molecular weight is 1160 g/mol. The number of carbonyl (C=O) groups excluding carboxylic acids is 2. The van der Waals surface area contributed by atoms with Crippen LogP contribution in [0.1, 0.15) is 79.0 Å². The summed E-state index contributed by atoms with van der Waals surface area (Å²) in [5.41, 5.74) is -5.45. The number of carboxylic acid groups (broad SMARTS) is 1. The Morgan fingerprint density at radius 1 is 0.922 bits per heavy atom. The van der Waals surface area contributed by atoms with Gasteiger partial charge in [-0.1, -0.05) is 23.7 Å². The molecular weight excluding hydrogens is 1110 g/mol. The molecule has 1 unspecified atom stereocenters. The molecule has 2 aliphatic rings. The summed E-state index contributed by atoms with van der Waals surface area (Å²) in [6.45, 7) is -0.612. The highest BCUT2D eigenvalue weighted by atomic mass is 35.5. The van der Waals surface area contributed by atoms with Crippen molar-refractivity contribution in [1.82, 2.24) is 35.2 Å². The van der Waals surface area contributed by atoms with Crippen molar-refractivity contribution in [2.24, 2.45) is 5.92 Å². The van der Waals surface area contributed by atoms with E-state index in [9.17, 15) is 71.4 Å². The van der Waals surface area contributed by atoms with Crippen molar-refractivity contribution < 1.29 is 84.7 Å². The molecule has 0 radical (unpaired) electrons. The van der Waals surface area contributed by atoms with Crippen LogP contribution in [-0.2, 0) is 67.5 Å². The van der Waals surface area contributed by atoms with Crippen LogP contribution in [0.15, 0.2) is 42.5 Å². The second-order valence-electron chi connectivity index (χ2n) is 20.9. The number of aromatic nitrogens is 5. The van der Waals surface area contributed by atoms with Gasteiger partial charge >= 0.3 is 24.4 Å². The van der Waals surface area contributed by atoms with Crippen molar-refractivity contribution in [2.45, 2.75) is 100 Å². The molecule has 3 N–H and O–H groups in total. The van der Waals surface area contributed by atoms with Crippen LogP contribution in [0.5, 0.6) is 0 Å². The lowest BCUT2D eigenvalue weighted by molar-refractivity contribution is -0.871. The van der Waals surface area contributed by atoms with Gasteiger partial charge in [0.1, 0.15) is 30.4 Å². The van der Waals surface area contributed by atoms with E-state index in [0.29, 0.717) is 12.3 Å². The van der Waals surface area contributed by atoms with Gasteiger partial charge in [0.15, 0.2) is 21.3 Å². The normalized spacial score (nSPS) is 17.4. The molecule has 7 rings (SSSR count). The number of fused-ring (bicyclic) bond motifs is 4. The molecule has 420 valence electrons. The van der Waals surface area contributed by atoms with Crippen LogP contribution >= 0.6 is 11.6 Å². The lowest BCUT2D eigenvalue weighted by Crippen LogP contribution is -2.54. The number of rotatable bonds is 19. The minimum atomic E-state index is -5.23. The number of likely N-dealkylation sites (N-methyl/N-ethyl adjacent to an activating group) is 1. The third kappa shape index (κ3) is 12.8. The summed E-state index contributed by atoms with van der Waals surface area (Å²) in [5, 5.41) is 20.7. The van der Waals surface area contributed by atoms with E-state index in [2.05, 4.69) is 20.8 Å². The molecule has 1 saturated carbocycles. The molecule has 3 aromatic heterocycles. The summed E-state index contributed by atoms with van der Waals surface area (Å²) in [4.78, 5) is 45.0. The molecule has 0 aliphatic heterocycles. The van der Waals surface area contributed by atoms with Crippen molar-refractivity contribution in [3.63, 3.8) is 0 Å². The molecule has 77 heavy (non-hydrogen) atoms. The van der Waals surface area contributed by atoms with Crippen LogP contribution in [0.25, 0.3) is 22.0 Å². The molecule has 3 amide bonds. The molecule has 17 nitrogen and oxygen atoms in total. The number of pyridine rings is 1. The van der Waals surface area contributed by atoms with Gasteiger partial charge in [0.05, 0.1) is 78.8 Å². The first-order valence-corrected chi connectivity index (χ1v) is 27.4. The fraction of sp³-hybridized carbons (Fsp3) is 0.489. The largest absolute Gasteiger partial charge is 0.481 e. The van der Waals surface area contributed by atoms with Crippen molar-refractivity contribution in [3.8, 4) is 11.1 Å². The number of sulfonamides is 1. The number of carbonyl (C=O) groups is 3. The summed E-state index contributed by atoms with van der Waals surface area (Å²) >= 11 is 6.71. The highest BCUT2D eigenvalue weighted by Gasteiger charge is 2.68. The van der Waals surface area contributed by atoms with Crippen molar-refractivity contribution >= 4 is 66.1 Å². The zero-order chi connectivity index (χ0) is 57.5. The van der Waals surface area contributed by atoms with Gasteiger partial charge in [0, 0.05) is 40.6 Å². The summed E-state index contributed by atoms with van der Waals surface area (Å²) in [5.74, 6) is -12.6. The van der Waals surface area contributed by atoms with Crippen LogP contribution in [0, 0.1) is 17.6 Å². The van der Waals surface area contributed by atoms with E-state index in [1.165, 1.54) is 26.0 Å². The number of quaternary nitrogens is 1. The average Bonchev–Trinajstić information content (AvgIpc) is 3.76. The number of aryl methyl sites for hydroxylation is 1. The zero-order valence-electron chi connectivity index (χ0n) is 41.9. The third-order valence-electron chi connectivity index (χ3n) is 13.2. The zero-order valence-corrected chi connectivity index (χ0v) is 44.3. The number of benzene rings is 2. The first-order chi connectivity index (χ1) is 35.2. The number of hydrogen-bond donors (Lipinski definition) is 3. The van der Waals surface area contributed by atoms with Crippen LogP contribution < -0.4 is 14.9 Å². The van der Waals surface area contributed by atoms with Gasteiger partial charge in [0.2, 0.25) is 15.9 Å². The minimum absolute atomic E-state index is 0.0150. The summed E-state index contributed by atoms with van der Waals surface area (Å²) in [6, 6.07) is 2.24. The maximum Gasteiger partial charge on any atom is 0.435 e. The van der Waals surface area contributed by atoms with Gasteiger partial charge in [-0.2, -0.15) is 49.6 Å². The maximum absolute atomic E-state index is 15.7. The molecule has 0 saturated heterocycles. The molecule has 2 aromatic carbocycles. The lowest BCUT2D eigenvalue weighted by Gasteiger charge is -2.30. The Kier molecular flexibility index (Phi) is 15.5. The Labute approximate surface area is 439 Å². The standard InChI is InChI=1S/C47H50ClF10N9O8S2/c1-44(2,76(6,72)73)13-12-26-8-9-28(29-10-11-32(48)37-39(29)65(22-45(51,52)53)63-42(37)66(77(7,74)75)43(71)60-27(18-35(69)70)21-67(3,4)5)38(59-26)33(16-23-14-24(49)17-25(50)15-23)61-34(68)20-64-41-36(40(62-64)47(56,57)58)30-19-31(30)46(41,54)55/h8-11,14-15,17,27,30-31,33H,12-13,16,18-22H2,1-7H3,(H2-,60,61,68,69,70,71)/p+1/t27-,30-,31?,33-/m0/s1. The van der Waals surface area contributed by atoms with Gasteiger partial charge in [-0.25, -0.2) is 30.4 Å². The molecule has 5 aromatic rings. The minimum Gasteiger partial charge on any atom is -0.481 e. The Hall–Kier alpha value is -6.07. The Bertz CT molecular complexity index is 3400. The number of alkyl halides is 8. The van der Waals surface area contributed by atoms with Crippen molar-refractivity contribution in [3.05, 3.63) is 93.0 Å². The van der Waals surface area contributed by atoms with E-state index in [0.717, 1.165) is 30.5 Å². The van der Waals surface area contributed by atoms with Gasteiger partial charge in [-0.3, -0.25) is 23.9 Å². The van der Waals surface area contributed by atoms with Gasteiger partial charge < -0.3 is 20.2 Å². The van der Waals surface area contributed by atoms with E-state index in [4.69, 9.17) is 16.6 Å². The summed E-state index contributed by atoms with van der Waals surface area (Å²) < 4.78 is 200. The number of sulfone groups is 1. The van der Waals surface area contributed by atoms with Crippen molar-refractivity contribution in [1.29, 1.82) is 0 Å². The molecule has 3 heterocycles. The number of carboxylic acids is 1. The summed E-state index contributed by atoms with van der Waals surface area (Å²) in [7, 11) is -3.81. The third-order valence-corrected chi connectivity index (χ3v) is 16.7. The quantitative estimate of drug-likeness (QED) is 0.0534. The van der Waals surface area contributed by atoms with Crippen LogP contribution in [-0.4, -0.2) is 126 Å². The van der Waals surface area contributed by atoms with E-state index in [1.807, 2.05) is 0 Å². The predicted molar refractivity (Wildman–Crippen MR) is 259 cm³/mol. The Balaban J connectivity index is 1.46. The number of urea groups is 1. The summed E-state index contributed by atoms with van der Waals surface area (Å²) in [6.07, 6.45) is -10.9. The highest BCUT2D eigenvalue weighted by molar-refractivity contribution is 7.93. The van der Waals surface area contributed by atoms with Crippen LogP contribution in [0.4, 0.5) is 54.5 Å².